The van der Waals surface area contributed by atoms with E-state index in [4.69, 9.17) is 4.42 Å². The zero-order chi connectivity index (χ0) is 18.4. The van der Waals surface area contributed by atoms with Crippen LogP contribution in [-0.2, 0) is 0 Å². The Labute approximate surface area is 150 Å². The molecule has 1 aromatic heterocycles. The molecule has 2 heterocycles. The molecule has 1 aromatic carbocycles. The van der Waals surface area contributed by atoms with Crippen LogP contribution in [-0.4, -0.2) is 65.9 Å². The Hall–Kier alpha value is -2.74. The lowest BCUT2D eigenvalue weighted by molar-refractivity contribution is 0.0630. The van der Waals surface area contributed by atoms with Crippen molar-refractivity contribution in [3.8, 4) is 0 Å². The van der Waals surface area contributed by atoms with Crippen molar-refractivity contribution in [3.63, 3.8) is 0 Å². The summed E-state index contributed by atoms with van der Waals surface area (Å²) >= 11 is 0. The van der Waals surface area contributed by atoms with Crippen LogP contribution in [0.2, 0.25) is 0 Å². The largest absolute Gasteiger partial charge is 0.451 e. The molecule has 0 unspecified atom stereocenters. The van der Waals surface area contributed by atoms with Gasteiger partial charge in [-0.1, -0.05) is 12.1 Å². The maximum absolute atomic E-state index is 13.7. The second-order valence-corrected chi connectivity index (χ2v) is 6.10. The van der Waals surface area contributed by atoms with Gasteiger partial charge in [0.05, 0.1) is 5.56 Å². The zero-order valence-electron chi connectivity index (χ0n) is 14.4. The van der Waals surface area contributed by atoms with Gasteiger partial charge in [0.2, 0.25) is 0 Å². The molecule has 1 N–H and O–H groups in total. The summed E-state index contributed by atoms with van der Waals surface area (Å²) in [4.78, 5) is 31.8. The molecule has 138 valence electrons. The number of rotatable bonds is 6. The topological polar surface area (TPSA) is 78.7 Å². The number of carbonyl (C=O) groups is 2. The fraction of sp³-hybridized carbons (Fsp3) is 0.389. The standard InChI is InChI=1S/C18H21FN4O3/c19-15-5-2-1-4-14(15)18(25)23-10-8-22(9-11-23)7-3-6-20-17(24)16-12-26-13-21-16/h1-2,4-5,12-13H,3,6-11H2,(H,20,24). The Morgan fingerprint density at radius 2 is 1.96 bits per heavy atom. The summed E-state index contributed by atoms with van der Waals surface area (Å²) < 4.78 is 18.5. The van der Waals surface area contributed by atoms with Crippen LogP contribution in [0.5, 0.6) is 0 Å². The van der Waals surface area contributed by atoms with Crippen LogP contribution in [0.1, 0.15) is 27.3 Å². The van der Waals surface area contributed by atoms with E-state index in [1.165, 1.54) is 24.8 Å². The van der Waals surface area contributed by atoms with Crippen LogP contribution in [0.3, 0.4) is 0 Å². The van der Waals surface area contributed by atoms with E-state index >= 15 is 0 Å². The van der Waals surface area contributed by atoms with E-state index in [0.29, 0.717) is 19.6 Å². The third kappa shape index (κ3) is 4.45. The molecule has 0 atom stereocenters. The van der Waals surface area contributed by atoms with Gasteiger partial charge < -0.3 is 14.6 Å². The molecule has 1 aliphatic heterocycles. The van der Waals surface area contributed by atoms with Crippen molar-refractivity contribution in [2.75, 3.05) is 39.3 Å². The fourth-order valence-electron chi connectivity index (χ4n) is 2.90. The van der Waals surface area contributed by atoms with Crippen molar-refractivity contribution in [1.82, 2.24) is 20.1 Å². The first-order chi connectivity index (χ1) is 12.6. The normalized spacial score (nSPS) is 15.0. The smallest absolute Gasteiger partial charge is 0.273 e. The van der Waals surface area contributed by atoms with E-state index in [9.17, 15) is 14.0 Å². The number of hydrogen-bond donors (Lipinski definition) is 1. The number of nitrogens with zero attached hydrogens (tertiary/aromatic N) is 3. The van der Waals surface area contributed by atoms with Gasteiger partial charge in [-0.05, 0) is 25.1 Å². The maximum atomic E-state index is 13.7. The van der Waals surface area contributed by atoms with Crippen molar-refractivity contribution in [2.24, 2.45) is 0 Å². The van der Waals surface area contributed by atoms with E-state index in [-0.39, 0.29) is 23.1 Å². The Bertz CT molecular complexity index is 743. The van der Waals surface area contributed by atoms with Crippen molar-refractivity contribution in [3.05, 3.63) is 54.0 Å². The number of halogens is 1. The molecule has 1 aliphatic rings. The number of piperazine rings is 1. The molecule has 26 heavy (non-hydrogen) atoms. The number of hydrogen-bond acceptors (Lipinski definition) is 5. The highest BCUT2D eigenvalue weighted by molar-refractivity contribution is 5.94. The molecule has 0 saturated carbocycles. The summed E-state index contributed by atoms with van der Waals surface area (Å²) in [6.07, 6.45) is 3.32. The first kappa shape index (κ1) is 18.1. The lowest BCUT2D eigenvalue weighted by atomic mass is 10.1. The number of carbonyl (C=O) groups excluding carboxylic acids is 2. The minimum Gasteiger partial charge on any atom is -0.451 e. The summed E-state index contributed by atoms with van der Waals surface area (Å²) in [5, 5.41) is 2.79. The van der Waals surface area contributed by atoms with Gasteiger partial charge in [-0.3, -0.25) is 14.5 Å². The molecule has 0 aliphatic carbocycles. The fourth-order valence-corrected chi connectivity index (χ4v) is 2.90. The molecule has 0 radical (unpaired) electrons. The number of aromatic nitrogens is 1. The van der Waals surface area contributed by atoms with Crippen molar-refractivity contribution in [2.45, 2.75) is 6.42 Å². The first-order valence-electron chi connectivity index (χ1n) is 8.57. The molecule has 1 fully saturated rings. The Morgan fingerprint density at radius 3 is 2.65 bits per heavy atom. The predicted molar refractivity (Wildman–Crippen MR) is 92.2 cm³/mol. The molecule has 2 aromatic rings. The summed E-state index contributed by atoms with van der Waals surface area (Å²) in [7, 11) is 0. The molecule has 7 nitrogen and oxygen atoms in total. The molecule has 3 rings (SSSR count). The number of amides is 2. The average molecular weight is 360 g/mol. The molecule has 2 amide bonds. The van der Waals surface area contributed by atoms with E-state index in [1.54, 1.807) is 17.0 Å². The number of benzene rings is 1. The minimum atomic E-state index is -0.484. The third-order valence-corrected chi connectivity index (χ3v) is 4.37. The molecular weight excluding hydrogens is 339 g/mol. The summed E-state index contributed by atoms with van der Waals surface area (Å²) in [6.45, 7) is 3.96. The Balaban J connectivity index is 1.37. The van der Waals surface area contributed by atoms with Crippen LogP contribution in [0.15, 0.2) is 41.3 Å². The van der Waals surface area contributed by atoms with E-state index in [2.05, 4.69) is 15.2 Å². The predicted octanol–water partition coefficient (Wildman–Crippen LogP) is 1.39. The number of oxazole rings is 1. The van der Waals surface area contributed by atoms with Gasteiger partial charge in [-0.15, -0.1) is 0 Å². The van der Waals surface area contributed by atoms with Gasteiger partial charge >= 0.3 is 0 Å². The highest BCUT2D eigenvalue weighted by Gasteiger charge is 2.23. The summed E-state index contributed by atoms with van der Waals surface area (Å²) in [6, 6.07) is 6.06. The maximum Gasteiger partial charge on any atom is 0.273 e. The van der Waals surface area contributed by atoms with Crippen LogP contribution >= 0.6 is 0 Å². The SMILES string of the molecule is O=C(NCCCN1CCN(C(=O)c2ccccc2F)CC1)c1cocn1. The Kier molecular flexibility index (Phi) is 5.96. The molecule has 0 bridgehead atoms. The van der Waals surface area contributed by atoms with E-state index in [0.717, 1.165) is 26.1 Å². The average Bonchev–Trinajstić information content (AvgIpc) is 3.20. The summed E-state index contributed by atoms with van der Waals surface area (Å²) in [5.74, 6) is -0.996. The van der Waals surface area contributed by atoms with Gasteiger partial charge in [0, 0.05) is 32.7 Å². The lowest BCUT2D eigenvalue weighted by Gasteiger charge is -2.34. The molecular formula is C18H21FN4O3. The number of nitrogens with one attached hydrogen (secondary N) is 1. The minimum absolute atomic E-state index is 0.122. The first-order valence-corrected chi connectivity index (χ1v) is 8.57. The second kappa shape index (κ2) is 8.57. The van der Waals surface area contributed by atoms with Crippen molar-refractivity contribution in [1.29, 1.82) is 0 Å². The zero-order valence-corrected chi connectivity index (χ0v) is 14.4. The van der Waals surface area contributed by atoms with Crippen LogP contribution in [0, 0.1) is 5.82 Å². The van der Waals surface area contributed by atoms with E-state index < -0.39 is 5.82 Å². The van der Waals surface area contributed by atoms with E-state index in [1.807, 2.05) is 0 Å². The van der Waals surface area contributed by atoms with Crippen molar-refractivity contribution >= 4 is 11.8 Å². The lowest BCUT2D eigenvalue weighted by Crippen LogP contribution is -2.49. The van der Waals surface area contributed by atoms with Crippen LogP contribution in [0.25, 0.3) is 0 Å². The monoisotopic (exact) mass is 360 g/mol. The van der Waals surface area contributed by atoms with Gasteiger partial charge in [-0.25, -0.2) is 9.37 Å². The quantitative estimate of drug-likeness (QED) is 0.788. The molecule has 1 saturated heterocycles. The van der Waals surface area contributed by atoms with Gasteiger partial charge in [-0.2, -0.15) is 0 Å². The molecule has 0 spiro atoms. The third-order valence-electron chi connectivity index (χ3n) is 4.37. The highest BCUT2D eigenvalue weighted by Crippen LogP contribution is 2.12. The Morgan fingerprint density at radius 1 is 1.19 bits per heavy atom. The van der Waals surface area contributed by atoms with Crippen LogP contribution in [0.4, 0.5) is 4.39 Å². The van der Waals surface area contributed by atoms with Gasteiger partial charge in [0.15, 0.2) is 12.1 Å². The van der Waals surface area contributed by atoms with Crippen molar-refractivity contribution < 1.29 is 18.4 Å². The molecule has 8 heteroatoms. The highest BCUT2D eigenvalue weighted by atomic mass is 19.1. The second-order valence-electron chi connectivity index (χ2n) is 6.10. The van der Waals surface area contributed by atoms with Crippen LogP contribution < -0.4 is 5.32 Å². The van der Waals surface area contributed by atoms with Gasteiger partial charge in [0.25, 0.3) is 11.8 Å². The van der Waals surface area contributed by atoms with Gasteiger partial charge in [0.1, 0.15) is 12.1 Å². The summed E-state index contributed by atoms with van der Waals surface area (Å²) in [5.41, 5.74) is 0.391.